The predicted molar refractivity (Wildman–Crippen MR) is 118 cm³/mol. The van der Waals surface area contributed by atoms with Crippen LogP contribution in [0.2, 0.25) is 0 Å². The third-order valence-electron chi connectivity index (χ3n) is 4.48. The number of aryl methyl sites for hydroxylation is 1. The van der Waals surface area contributed by atoms with Crippen LogP contribution in [-0.2, 0) is 19.3 Å². The summed E-state index contributed by atoms with van der Waals surface area (Å²) < 4.78 is 3.86. The summed E-state index contributed by atoms with van der Waals surface area (Å²) in [5.41, 5.74) is 0.665. The van der Waals surface area contributed by atoms with Crippen molar-refractivity contribution in [1.82, 2.24) is 24.1 Å². The average Bonchev–Trinajstić information content (AvgIpc) is 3.10. The molecule has 9 heteroatoms. The van der Waals surface area contributed by atoms with Crippen molar-refractivity contribution in [2.75, 3.05) is 0 Å². The van der Waals surface area contributed by atoms with Gasteiger partial charge in [-0.25, -0.2) is 19.7 Å². The Hall–Kier alpha value is -2.52. The highest BCUT2D eigenvalue weighted by atomic mass is 32.2. The summed E-state index contributed by atoms with van der Waals surface area (Å²) in [6.45, 7) is 6.32. The summed E-state index contributed by atoms with van der Waals surface area (Å²) in [7, 11) is 1.50. The highest BCUT2D eigenvalue weighted by molar-refractivity contribution is 7.98. The van der Waals surface area contributed by atoms with E-state index in [1.165, 1.54) is 18.8 Å². The van der Waals surface area contributed by atoms with E-state index in [9.17, 15) is 9.59 Å². The average molecular weight is 428 g/mol. The molecule has 3 heterocycles. The standard InChI is InChI=1S/C20H21N5O2S2/c1-11(2)9-25-17-16(19(26)24(4)20(25)27)18(22-12(3)21-17)28-10-15-23-13-7-5-6-8-14(13)29-15/h5-8,11H,9-10H2,1-4H3. The first-order valence-corrected chi connectivity index (χ1v) is 11.1. The molecule has 0 fully saturated rings. The molecule has 0 aliphatic carbocycles. The van der Waals surface area contributed by atoms with Crippen LogP contribution in [0.25, 0.3) is 21.3 Å². The van der Waals surface area contributed by atoms with Gasteiger partial charge in [0.25, 0.3) is 5.56 Å². The topological polar surface area (TPSA) is 82.7 Å². The number of aromatic nitrogens is 5. The molecule has 0 N–H and O–H groups in total. The van der Waals surface area contributed by atoms with Crippen LogP contribution in [0, 0.1) is 12.8 Å². The minimum absolute atomic E-state index is 0.238. The number of benzene rings is 1. The molecule has 0 unspecified atom stereocenters. The maximum absolute atomic E-state index is 12.9. The fourth-order valence-electron chi connectivity index (χ4n) is 3.19. The fourth-order valence-corrected chi connectivity index (χ4v) is 5.21. The van der Waals surface area contributed by atoms with Gasteiger partial charge in [-0.1, -0.05) is 37.7 Å². The first kappa shape index (κ1) is 19.8. The third kappa shape index (κ3) is 3.72. The van der Waals surface area contributed by atoms with Gasteiger partial charge in [-0.2, -0.15) is 0 Å². The van der Waals surface area contributed by atoms with E-state index in [2.05, 4.69) is 15.0 Å². The lowest BCUT2D eigenvalue weighted by molar-refractivity contribution is 0.498. The van der Waals surface area contributed by atoms with Gasteiger partial charge in [-0.15, -0.1) is 11.3 Å². The Bertz CT molecular complexity index is 1300. The van der Waals surface area contributed by atoms with Gasteiger partial charge in [-0.3, -0.25) is 13.9 Å². The van der Waals surface area contributed by atoms with E-state index in [0.29, 0.717) is 34.2 Å². The summed E-state index contributed by atoms with van der Waals surface area (Å²) in [5, 5.41) is 1.95. The maximum Gasteiger partial charge on any atom is 0.332 e. The number of rotatable bonds is 5. The van der Waals surface area contributed by atoms with Crippen LogP contribution < -0.4 is 11.2 Å². The summed E-state index contributed by atoms with van der Waals surface area (Å²) in [6, 6.07) is 8.00. The van der Waals surface area contributed by atoms with Crippen LogP contribution in [0.15, 0.2) is 38.9 Å². The van der Waals surface area contributed by atoms with Crippen LogP contribution >= 0.6 is 23.1 Å². The summed E-state index contributed by atoms with van der Waals surface area (Å²) in [5.74, 6) is 1.37. The maximum atomic E-state index is 12.9. The molecule has 1 aromatic carbocycles. The third-order valence-corrected chi connectivity index (χ3v) is 6.68. The van der Waals surface area contributed by atoms with Crippen molar-refractivity contribution >= 4 is 44.3 Å². The van der Waals surface area contributed by atoms with Gasteiger partial charge in [0.15, 0.2) is 5.65 Å². The molecule has 4 aromatic rings. The smallest absolute Gasteiger partial charge is 0.277 e. The molecule has 0 saturated carbocycles. The van der Waals surface area contributed by atoms with Gasteiger partial charge in [0, 0.05) is 13.6 Å². The molecule has 0 aliphatic rings. The minimum Gasteiger partial charge on any atom is -0.277 e. The number of nitrogens with zero attached hydrogens (tertiary/aromatic N) is 5. The van der Waals surface area contributed by atoms with Crippen molar-refractivity contribution in [3.05, 3.63) is 55.9 Å². The van der Waals surface area contributed by atoms with E-state index in [1.807, 2.05) is 38.1 Å². The monoisotopic (exact) mass is 427 g/mol. The number of hydrogen-bond acceptors (Lipinski definition) is 7. The van der Waals surface area contributed by atoms with Crippen molar-refractivity contribution < 1.29 is 0 Å². The first-order chi connectivity index (χ1) is 13.8. The highest BCUT2D eigenvalue weighted by Gasteiger charge is 2.19. The Labute approximate surface area is 175 Å². The molecular weight excluding hydrogens is 406 g/mol. The van der Waals surface area contributed by atoms with Gasteiger partial charge in [0.1, 0.15) is 21.2 Å². The molecule has 7 nitrogen and oxygen atoms in total. The molecule has 3 aromatic heterocycles. The number of thiazole rings is 1. The Kier molecular flexibility index (Phi) is 5.26. The largest absolute Gasteiger partial charge is 0.332 e. The van der Waals surface area contributed by atoms with Crippen LogP contribution in [0.3, 0.4) is 0 Å². The van der Waals surface area contributed by atoms with Crippen LogP contribution in [0.4, 0.5) is 0 Å². The van der Waals surface area contributed by atoms with Crippen molar-refractivity contribution in [1.29, 1.82) is 0 Å². The van der Waals surface area contributed by atoms with Gasteiger partial charge < -0.3 is 0 Å². The zero-order chi connectivity index (χ0) is 20.7. The molecule has 4 rings (SSSR count). The second kappa shape index (κ2) is 7.72. The van der Waals surface area contributed by atoms with Crippen molar-refractivity contribution in [2.24, 2.45) is 13.0 Å². The van der Waals surface area contributed by atoms with Crippen molar-refractivity contribution in [2.45, 2.75) is 38.1 Å². The predicted octanol–water partition coefficient (Wildman–Crippen LogP) is 3.36. The molecule has 0 amide bonds. The summed E-state index contributed by atoms with van der Waals surface area (Å²) in [6.07, 6.45) is 0. The molecule has 0 atom stereocenters. The second-order valence-electron chi connectivity index (χ2n) is 7.29. The van der Waals surface area contributed by atoms with E-state index in [-0.39, 0.29) is 17.2 Å². The Morgan fingerprint density at radius 1 is 1.14 bits per heavy atom. The number of hydrogen-bond donors (Lipinski definition) is 0. The van der Waals surface area contributed by atoms with Crippen molar-refractivity contribution in [3.8, 4) is 0 Å². The van der Waals surface area contributed by atoms with Crippen LogP contribution in [-0.4, -0.2) is 24.1 Å². The molecule has 29 heavy (non-hydrogen) atoms. The SMILES string of the molecule is Cc1nc(SCc2nc3ccccc3s2)c2c(=O)n(C)c(=O)n(CC(C)C)c2n1. The molecule has 0 spiro atoms. The fraction of sp³-hybridized carbons (Fsp3) is 0.350. The lowest BCUT2D eigenvalue weighted by atomic mass is 10.2. The summed E-state index contributed by atoms with van der Waals surface area (Å²) in [4.78, 5) is 39.2. The normalized spacial score (nSPS) is 11.8. The molecule has 0 aliphatic heterocycles. The summed E-state index contributed by atoms with van der Waals surface area (Å²) >= 11 is 3.09. The lowest BCUT2D eigenvalue weighted by Crippen LogP contribution is -2.39. The number of para-hydroxylation sites is 1. The van der Waals surface area contributed by atoms with Crippen LogP contribution in [0.5, 0.6) is 0 Å². The second-order valence-corrected chi connectivity index (χ2v) is 9.37. The van der Waals surface area contributed by atoms with Crippen LogP contribution in [0.1, 0.15) is 24.7 Å². The molecule has 0 radical (unpaired) electrons. The zero-order valence-corrected chi connectivity index (χ0v) is 18.3. The van der Waals surface area contributed by atoms with E-state index in [1.54, 1.807) is 22.8 Å². The first-order valence-electron chi connectivity index (χ1n) is 9.30. The Balaban J connectivity index is 1.82. The highest BCUT2D eigenvalue weighted by Crippen LogP contribution is 2.30. The van der Waals surface area contributed by atoms with E-state index in [0.717, 1.165) is 19.8 Å². The molecule has 0 saturated heterocycles. The number of fused-ring (bicyclic) bond motifs is 2. The molecule has 150 valence electrons. The van der Waals surface area contributed by atoms with E-state index >= 15 is 0 Å². The van der Waals surface area contributed by atoms with Gasteiger partial charge >= 0.3 is 5.69 Å². The zero-order valence-electron chi connectivity index (χ0n) is 16.7. The van der Waals surface area contributed by atoms with Gasteiger partial charge in [-0.05, 0) is 25.0 Å². The minimum atomic E-state index is -0.364. The van der Waals surface area contributed by atoms with E-state index in [4.69, 9.17) is 0 Å². The molecule has 0 bridgehead atoms. The number of thioether (sulfide) groups is 1. The molecular formula is C20H21N5O2S2. The van der Waals surface area contributed by atoms with Gasteiger partial charge in [0.05, 0.1) is 16.0 Å². The van der Waals surface area contributed by atoms with E-state index < -0.39 is 0 Å². The lowest BCUT2D eigenvalue weighted by Gasteiger charge is -2.15. The quantitative estimate of drug-likeness (QED) is 0.359. The van der Waals surface area contributed by atoms with Gasteiger partial charge in [0.2, 0.25) is 0 Å². The van der Waals surface area contributed by atoms with Crippen molar-refractivity contribution in [3.63, 3.8) is 0 Å². The Morgan fingerprint density at radius 3 is 2.62 bits per heavy atom. The Morgan fingerprint density at radius 2 is 1.90 bits per heavy atom.